The van der Waals surface area contributed by atoms with Crippen LogP contribution in [-0.2, 0) is 16.2 Å². The Balaban J connectivity index is 1.12. The first-order valence-corrected chi connectivity index (χ1v) is 24.8. The summed E-state index contributed by atoms with van der Waals surface area (Å²) < 4.78 is 7.79. The van der Waals surface area contributed by atoms with Gasteiger partial charge in [0.25, 0.3) is 0 Å². The molecular formula is C66H53N3. The van der Waals surface area contributed by atoms with Crippen molar-refractivity contribution in [2.75, 3.05) is 0 Å². The summed E-state index contributed by atoms with van der Waals surface area (Å²) in [5.74, 6) is 0. The number of aromatic nitrogens is 3. The van der Waals surface area contributed by atoms with Gasteiger partial charge >= 0.3 is 0 Å². The molecule has 69 heavy (non-hydrogen) atoms. The Morgan fingerprint density at radius 1 is 0.246 bits per heavy atom. The van der Waals surface area contributed by atoms with Gasteiger partial charge in [-0.3, -0.25) is 0 Å². The second-order valence-corrected chi connectivity index (χ2v) is 23.4. The summed E-state index contributed by atoms with van der Waals surface area (Å²) in [5, 5.41) is 16.0. The van der Waals surface area contributed by atoms with Crippen molar-refractivity contribution in [2.24, 2.45) is 0 Å². The molecule has 9 aromatic carbocycles. The van der Waals surface area contributed by atoms with Gasteiger partial charge in [0.1, 0.15) is 0 Å². The number of hydrogen-bond donors (Lipinski definition) is 0. The highest BCUT2D eigenvalue weighted by Gasteiger charge is 2.30. The predicted molar refractivity (Wildman–Crippen MR) is 297 cm³/mol. The first-order valence-electron chi connectivity index (χ1n) is 24.8. The lowest BCUT2D eigenvalue weighted by Crippen LogP contribution is -2.11. The van der Waals surface area contributed by atoms with E-state index in [-0.39, 0.29) is 16.2 Å². The molecule has 6 aromatic heterocycles. The van der Waals surface area contributed by atoms with Gasteiger partial charge in [-0.2, -0.15) is 0 Å². The second kappa shape index (κ2) is 12.7. The van der Waals surface area contributed by atoms with Gasteiger partial charge in [-0.15, -0.1) is 0 Å². The van der Waals surface area contributed by atoms with Gasteiger partial charge in [-0.05, 0) is 140 Å². The molecule has 0 aliphatic carbocycles. The maximum atomic E-state index is 2.63. The zero-order chi connectivity index (χ0) is 46.8. The van der Waals surface area contributed by atoms with E-state index in [1.54, 1.807) is 0 Å². The number of rotatable bonds is 2. The van der Waals surface area contributed by atoms with Gasteiger partial charge in [-0.25, -0.2) is 0 Å². The van der Waals surface area contributed by atoms with Crippen LogP contribution in [0.4, 0.5) is 0 Å². The van der Waals surface area contributed by atoms with Gasteiger partial charge in [0.2, 0.25) is 0 Å². The Labute approximate surface area is 400 Å². The summed E-state index contributed by atoms with van der Waals surface area (Å²) >= 11 is 0. The van der Waals surface area contributed by atoms with Crippen molar-refractivity contribution in [3.63, 3.8) is 0 Å². The fraction of sp³-hybridized carbons (Fsp3) is 0.182. The quantitative estimate of drug-likeness (QED) is 0.164. The fourth-order valence-electron chi connectivity index (χ4n) is 12.7. The molecule has 0 saturated carbocycles. The van der Waals surface area contributed by atoms with Crippen LogP contribution in [0.3, 0.4) is 0 Å². The maximum absolute atomic E-state index is 2.63. The van der Waals surface area contributed by atoms with Crippen LogP contribution in [0.15, 0.2) is 158 Å². The third kappa shape index (κ3) is 5.02. The highest BCUT2D eigenvalue weighted by molar-refractivity contribution is 6.39. The molecule has 0 saturated heterocycles. The van der Waals surface area contributed by atoms with Gasteiger partial charge in [0.05, 0.1) is 49.7 Å². The van der Waals surface area contributed by atoms with Crippen LogP contribution in [0.1, 0.15) is 79.0 Å². The van der Waals surface area contributed by atoms with E-state index < -0.39 is 0 Å². The molecule has 0 radical (unpaired) electrons. The molecule has 6 heterocycles. The van der Waals surface area contributed by atoms with Crippen LogP contribution < -0.4 is 0 Å². The van der Waals surface area contributed by atoms with Gasteiger partial charge in [0.15, 0.2) is 0 Å². The maximum Gasteiger partial charge on any atom is 0.0621 e. The number of nitrogens with zero attached hydrogens (tertiary/aromatic N) is 3. The summed E-state index contributed by atoms with van der Waals surface area (Å²) in [6.07, 6.45) is 0. The van der Waals surface area contributed by atoms with Crippen molar-refractivity contribution in [3.8, 4) is 22.3 Å². The molecule has 0 aliphatic heterocycles. The van der Waals surface area contributed by atoms with Crippen molar-refractivity contribution in [3.05, 3.63) is 174 Å². The van der Waals surface area contributed by atoms with E-state index in [1.807, 2.05) is 0 Å². The predicted octanol–water partition coefficient (Wildman–Crippen LogP) is 18.4. The Morgan fingerprint density at radius 3 is 1.04 bits per heavy atom. The van der Waals surface area contributed by atoms with Crippen molar-refractivity contribution < 1.29 is 0 Å². The minimum Gasteiger partial charge on any atom is -0.308 e. The molecule has 0 aliphatic rings. The molecule has 0 amide bonds. The van der Waals surface area contributed by atoms with Crippen LogP contribution in [-0.4, -0.2) is 13.2 Å². The SMILES string of the molecule is CC(C)(C)c1ccc2c(c1)c1cc(C(C)(C)C)cc3c4c5c6cc(C(C)(C)C)cc7c8c9c%10cc(-c%11ccccc%11)cc%11c%12cc(-c%13ccccc%13)ccc%12n(c9ccc8n(c5ccc4n2c13)c76)c%11%10. The third-order valence-electron chi connectivity index (χ3n) is 16.2. The molecule has 332 valence electrons. The van der Waals surface area contributed by atoms with Crippen molar-refractivity contribution in [1.29, 1.82) is 0 Å². The Kier molecular flexibility index (Phi) is 7.26. The molecule has 0 bridgehead atoms. The molecule has 0 unspecified atom stereocenters. The summed E-state index contributed by atoms with van der Waals surface area (Å²) in [6.45, 7) is 21.2. The van der Waals surface area contributed by atoms with Gasteiger partial charge in [-0.1, -0.05) is 135 Å². The minimum atomic E-state index is -0.0815. The summed E-state index contributed by atoms with van der Waals surface area (Å²) in [7, 11) is 0. The van der Waals surface area contributed by atoms with Gasteiger partial charge < -0.3 is 13.2 Å². The Hall–Kier alpha value is -7.62. The second-order valence-electron chi connectivity index (χ2n) is 23.4. The van der Waals surface area contributed by atoms with E-state index in [9.17, 15) is 0 Å². The molecule has 0 fully saturated rings. The molecule has 3 heteroatoms. The van der Waals surface area contributed by atoms with Crippen LogP contribution in [0.5, 0.6) is 0 Å². The molecule has 15 rings (SSSR count). The molecular weight excluding hydrogens is 835 g/mol. The average molecular weight is 888 g/mol. The smallest absolute Gasteiger partial charge is 0.0621 e. The van der Waals surface area contributed by atoms with E-state index in [1.165, 1.54) is 153 Å². The van der Waals surface area contributed by atoms with Crippen LogP contribution in [0, 0.1) is 0 Å². The normalized spacial score (nSPS) is 13.6. The van der Waals surface area contributed by atoms with Crippen molar-refractivity contribution >= 4 is 114 Å². The summed E-state index contributed by atoms with van der Waals surface area (Å²) in [4.78, 5) is 0. The van der Waals surface area contributed by atoms with E-state index in [4.69, 9.17) is 0 Å². The molecule has 0 N–H and O–H groups in total. The zero-order valence-corrected chi connectivity index (χ0v) is 40.9. The Bertz CT molecular complexity index is 4670. The van der Waals surface area contributed by atoms with Crippen LogP contribution in [0.2, 0.25) is 0 Å². The first kappa shape index (κ1) is 39.4. The molecule has 0 atom stereocenters. The van der Waals surface area contributed by atoms with E-state index >= 15 is 0 Å². The number of hydrogen-bond acceptors (Lipinski definition) is 0. The Morgan fingerprint density at radius 2 is 0.565 bits per heavy atom. The average Bonchev–Trinajstić information content (AvgIpc) is 4.17. The highest BCUT2D eigenvalue weighted by Crippen LogP contribution is 2.52. The topological polar surface area (TPSA) is 13.2 Å². The van der Waals surface area contributed by atoms with Crippen LogP contribution in [0.25, 0.3) is 137 Å². The highest BCUT2D eigenvalue weighted by atomic mass is 15.0. The lowest BCUT2D eigenvalue weighted by atomic mass is 9.84. The standard InChI is InChI=1S/C66H53N3/c1-64(2,3)40-21-23-52-44(31-40)46-32-41(65(4,5)6)33-48-58-54(68(52)62(46)48)25-27-56-60(58)50-35-42(66(7,8)9)34-49-59-55(69(56)63(49)50)26-24-53-57(59)47-30-39(37-18-14-11-15-19-37)29-45-43-28-38(36-16-12-10-13-17-36)20-22-51(43)67(53)61(45)47/h10-35H,1-9H3. The molecule has 15 aromatic rings. The number of fused-ring (bicyclic) bond motifs is 20. The van der Waals surface area contributed by atoms with E-state index in [2.05, 4.69) is 233 Å². The summed E-state index contributed by atoms with van der Waals surface area (Å²) in [5.41, 5.74) is 20.6. The van der Waals surface area contributed by atoms with Gasteiger partial charge in [0, 0.05) is 64.6 Å². The lowest BCUT2D eigenvalue weighted by Gasteiger charge is -2.20. The third-order valence-corrected chi connectivity index (χ3v) is 16.2. The molecule has 0 spiro atoms. The van der Waals surface area contributed by atoms with Crippen molar-refractivity contribution in [1.82, 2.24) is 13.2 Å². The van der Waals surface area contributed by atoms with Crippen LogP contribution >= 0.6 is 0 Å². The molecule has 3 nitrogen and oxygen atoms in total. The van der Waals surface area contributed by atoms with E-state index in [0.29, 0.717) is 0 Å². The first-order chi connectivity index (χ1) is 33.1. The van der Waals surface area contributed by atoms with Crippen molar-refractivity contribution in [2.45, 2.75) is 78.6 Å². The minimum absolute atomic E-state index is 0.0274. The lowest BCUT2D eigenvalue weighted by molar-refractivity contribution is 0.590. The monoisotopic (exact) mass is 887 g/mol. The number of benzene rings is 9. The zero-order valence-electron chi connectivity index (χ0n) is 40.9. The van der Waals surface area contributed by atoms with E-state index in [0.717, 1.165) is 0 Å². The summed E-state index contributed by atoms with van der Waals surface area (Å²) in [6, 6.07) is 60.8. The fourth-order valence-corrected chi connectivity index (χ4v) is 12.7. The largest absolute Gasteiger partial charge is 0.308 e.